The molecule has 0 fully saturated rings. The SMILES string of the molecule is COC(=O)C(C)CC(O)c1ccccc1C(F)(F)F. The molecule has 0 radical (unpaired) electrons. The molecule has 2 unspecified atom stereocenters. The van der Waals surface area contributed by atoms with Crippen molar-refractivity contribution in [3.8, 4) is 0 Å². The molecule has 0 aliphatic carbocycles. The molecule has 106 valence electrons. The predicted molar refractivity (Wildman–Crippen MR) is 62.2 cm³/mol. The minimum atomic E-state index is -4.54. The molecular weight excluding hydrogens is 261 g/mol. The van der Waals surface area contributed by atoms with Crippen LogP contribution in [0.15, 0.2) is 24.3 Å². The van der Waals surface area contributed by atoms with Crippen molar-refractivity contribution >= 4 is 5.97 Å². The molecule has 6 heteroatoms. The van der Waals surface area contributed by atoms with Crippen LogP contribution in [0.25, 0.3) is 0 Å². The fraction of sp³-hybridized carbons (Fsp3) is 0.462. The number of benzene rings is 1. The van der Waals surface area contributed by atoms with Crippen LogP contribution in [0.5, 0.6) is 0 Å². The highest BCUT2D eigenvalue weighted by atomic mass is 19.4. The molecule has 0 aliphatic rings. The van der Waals surface area contributed by atoms with Crippen LogP contribution in [0, 0.1) is 5.92 Å². The van der Waals surface area contributed by atoms with Gasteiger partial charge in [0.25, 0.3) is 0 Å². The Labute approximate surface area is 109 Å². The minimum Gasteiger partial charge on any atom is -0.469 e. The van der Waals surface area contributed by atoms with Gasteiger partial charge in [0.15, 0.2) is 0 Å². The lowest BCUT2D eigenvalue weighted by molar-refractivity contribution is -0.146. The van der Waals surface area contributed by atoms with Crippen LogP contribution in [-0.4, -0.2) is 18.2 Å². The average molecular weight is 276 g/mol. The van der Waals surface area contributed by atoms with Crippen LogP contribution < -0.4 is 0 Å². The Kier molecular flexibility index (Phi) is 4.94. The van der Waals surface area contributed by atoms with Gasteiger partial charge in [0.05, 0.1) is 24.7 Å². The van der Waals surface area contributed by atoms with Crippen LogP contribution in [0.1, 0.15) is 30.6 Å². The molecule has 0 saturated heterocycles. The second kappa shape index (κ2) is 6.06. The first-order valence-corrected chi connectivity index (χ1v) is 5.69. The summed E-state index contributed by atoms with van der Waals surface area (Å²) in [4.78, 5) is 11.2. The quantitative estimate of drug-likeness (QED) is 0.860. The Hall–Kier alpha value is -1.56. The second-order valence-electron chi connectivity index (χ2n) is 4.26. The number of esters is 1. The van der Waals surface area contributed by atoms with E-state index in [4.69, 9.17) is 0 Å². The van der Waals surface area contributed by atoms with Crippen LogP contribution in [0.3, 0.4) is 0 Å². The van der Waals surface area contributed by atoms with E-state index in [0.29, 0.717) is 0 Å². The van der Waals surface area contributed by atoms with E-state index in [0.717, 1.165) is 6.07 Å². The fourth-order valence-corrected chi connectivity index (χ4v) is 1.81. The molecule has 0 aliphatic heterocycles. The van der Waals surface area contributed by atoms with Crippen molar-refractivity contribution in [2.45, 2.75) is 25.6 Å². The van der Waals surface area contributed by atoms with Gasteiger partial charge in [-0.25, -0.2) is 0 Å². The van der Waals surface area contributed by atoms with Crippen molar-refractivity contribution in [1.82, 2.24) is 0 Å². The number of aliphatic hydroxyl groups is 1. The van der Waals surface area contributed by atoms with Gasteiger partial charge in [-0.15, -0.1) is 0 Å². The van der Waals surface area contributed by atoms with Gasteiger partial charge in [-0.1, -0.05) is 25.1 Å². The highest BCUT2D eigenvalue weighted by molar-refractivity contribution is 5.71. The van der Waals surface area contributed by atoms with E-state index in [2.05, 4.69) is 4.74 Å². The van der Waals surface area contributed by atoms with Gasteiger partial charge in [-0.05, 0) is 18.1 Å². The molecule has 2 atom stereocenters. The lowest BCUT2D eigenvalue weighted by atomic mass is 9.94. The van der Waals surface area contributed by atoms with E-state index < -0.39 is 29.7 Å². The van der Waals surface area contributed by atoms with Gasteiger partial charge in [-0.3, -0.25) is 4.79 Å². The van der Waals surface area contributed by atoms with E-state index in [1.54, 1.807) is 0 Å². The Morgan fingerprint density at radius 2 is 1.95 bits per heavy atom. The third-order valence-electron chi connectivity index (χ3n) is 2.81. The average Bonchev–Trinajstić information content (AvgIpc) is 2.36. The van der Waals surface area contributed by atoms with Gasteiger partial charge in [0.1, 0.15) is 0 Å². The van der Waals surface area contributed by atoms with Gasteiger partial charge >= 0.3 is 12.1 Å². The predicted octanol–water partition coefficient (Wildman–Crippen LogP) is 2.94. The molecule has 0 spiro atoms. The number of methoxy groups -OCH3 is 1. The first-order chi connectivity index (χ1) is 8.77. The molecule has 1 N–H and O–H groups in total. The Balaban J connectivity index is 2.94. The van der Waals surface area contributed by atoms with Crippen LogP contribution >= 0.6 is 0 Å². The van der Waals surface area contributed by atoms with E-state index >= 15 is 0 Å². The summed E-state index contributed by atoms with van der Waals surface area (Å²) in [5.41, 5.74) is -1.12. The Morgan fingerprint density at radius 1 is 1.37 bits per heavy atom. The summed E-state index contributed by atoms with van der Waals surface area (Å²) >= 11 is 0. The zero-order chi connectivity index (χ0) is 14.6. The van der Waals surface area contributed by atoms with Crippen molar-refractivity contribution < 1.29 is 27.8 Å². The molecule has 1 rings (SSSR count). The molecule has 19 heavy (non-hydrogen) atoms. The molecular formula is C13H15F3O3. The number of hydrogen-bond donors (Lipinski definition) is 1. The van der Waals surface area contributed by atoms with Crippen LogP contribution in [0.4, 0.5) is 13.2 Å². The number of carbonyl (C=O) groups is 1. The number of aliphatic hydroxyl groups excluding tert-OH is 1. The highest BCUT2D eigenvalue weighted by Crippen LogP contribution is 2.36. The summed E-state index contributed by atoms with van der Waals surface area (Å²) in [6.45, 7) is 1.49. The van der Waals surface area contributed by atoms with Crippen molar-refractivity contribution in [2.75, 3.05) is 7.11 Å². The number of rotatable bonds is 4. The first kappa shape index (κ1) is 15.5. The molecule has 1 aromatic rings. The van der Waals surface area contributed by atoms with Gasteiger partial charge in [-0.2, -0.15) is 13.2 Å². The first-order valence-electron chi connectivity index (χ1n) is 5.69. The topological polar surface area (TPSA) is 46.5 Å². The molecule has 0 heterocycles. The third kappa shape index (κ3) is 3.96. The smallest absolute Gasteiger partial charge is 0.416 e. The monoisotopic (exact) mass is 276 g/mol. The van der Waals surface area contributed by atoms with Crippen molar-refractivity contribution in [2.24, 2.45) is 5.92 Å². The lowest BCUT2D eigenvalue weighted by Gasteiger charge is -2.19. The van der Waals surface area contributed by atoms with Gasteiger partial charge < -0.3 is 9.84 Å². The summed E-state index contributed by atoms with van der Waals surface area (Å²) in [7, 11) is 1.19. The number of carbonyl (C=O) groups excluding carboxylic acids is 1. The summed E-state index contributed by atoms with van der Waals surface area (Å²) < 4.78 is 42.8. The molecule has 0 bridgehead atoms. The maximum Gasteiger partial charge on any atom is 0.416 e. The summed E-state index contributed by atoms with van der Waals surface area (Å²) in [5.74, 6) is -1.25. The second-order valence-corrected chi connectivity index (χ2v) is 4.26. The van der Waals surface area contributed by atoms with E-state index in [1.165, 1.54) is 32.2 Å². The normalized spacial score (nSPS) is 14.8. The summed E-state index contributed by atoms with van der Waals surface area (Å²) in [6, 6.07) is 4.78. The number of hydrogen-bond acceptors (Lipinski definition) is 3. The van der Waals surface area contributed by atoms with Crippen LogP contribution in [-0.2, 0) is 15.7 Å². The van der Waals surface area contributed by atoms with Gasteiger partial charge in [0.2, 0.25) is 0 Å². The fourth-order valence-electron chi connectivity index (χ4n) is 1.81. The molecule has 0 aromatic heterocycles. The minimum absolute atomic E-state index is 0.125. The van der Waals surface area contributed by atoms with E-state index in [1.807, 2.05) is 0 Å². The molecule has 1 aromatic carbocycles. The van der Waals surface area contributed by atoms with Gasteiger partial charge in [0, 0.05) is 0 Å². The van der Waals surface area contributed by atoms with Crippen molar-refractivity contribution in [1.29, 1.82) is 0 Å². The molecule has 0 saturated carbocycles. The lowest BCUT2D eigenvalue weighted by Crippen LogP contribution is -2.18. The maximum atomic E-state index is 12.8. The Morgan fingerprint density at radius 3 is 2.47 bits per heavy atom. The molecule has 0 amide bonds. The Bertz CT molecular complexity index is 443. The summed E-state index contributed by atoms with van der Waals surface area (Å²) in [5, 5.41) is 9.87. The summed E-state index contributed by atoms with van der Waals surface area (Å²) in [6.07, 6.45) is -6.03. The van der Waals surface area contributed by atoms with Crippen LogP contribution in [0.2, 0.25) is 0 Å². The van der Waals surface area contributed by atoms with Crippen molar-refractivity contribution in [3.63, 3.8) is 0 Å². The van der Waals surface area contributed by atoms with Crippen molar-refractivity contribution in [3.05, 3.63) is 35.4 Å². The van der Waals surface area contributed by atoms with E-state index in [9.17, 15) is 23.1 Å². The number of alkyl halides is 3. The largest absolute Gasteiger partial charge is 0.469 e. The highest BCUT2D eigenvalue weighted by Gasteiger charge is 2.35. The standard InChI is InChI=1S/C13H15F3O3/c1-8(12(18)19-2)7-11(17)9-5-3-4-6-10(9)13(14,15)16/h3-6,8,11,17H,7H2,1-2H3. The zero-order valence-electron chi connectivity index (χ0n) is 10.6. The zero-order valence-corrected chi connectivity index (χ0v) is 10.6. The third-order valence-corrected chi connectivity index (χ3v) is 2.81. The number of ether oxygens (including phenoxy) is 1. The maximum absolute atomic E-state index is 12.8. The number of halogens is 3. The van der Waals surface area contributed by atoms with E-state index in [-0.39, 0.29) is 12.0 Å². The molecule has 3 nitrogen and oxygen atoms in total.